The minimum Gasteiger partial charge on any atom is -0.383 e. The van der Waals surface area contributed by atoms with Crippen LogP contribution in [0.2, 0.25) is 0 Å². The molecule has 0 bridgehead atoms. The van der Waals surface area contributed by atoms with E-state index in [2.05, 4.69) is 27.2 Å². The number of anilines is 2. The maximum absolute atomic E-state index is 5.88. The smallest absolute Gasteiger partial charge is 0.135 e. The van der Waals surface area contributed by atoms with Crippen LogP contribution in [-0.4, -0.2) is 15.0 Å². The van der Waals surface area contributed by atoms with E-state index in [4.69, 9.17) is 5.73 Å². The quantitative estimate of drug-likeness (QED) is 0.898. The van der Waals surface area contributed by atoms with Crippen molar-refractivity contribution in [2.24, 2.45) is 0 Å². The number of aromatic nitrogens is 3. The van der Waals surface area contributed by atoms with Gasteiger partial charge in [0, 0.05) is 10.4 Å². The Balaban J connectivity index is 2.26. The average molecular weight is 277 g/mol. The third-order valence-electron chi connectivity index (χ3n) is 3.02. The van der Waals surface area contributed by atoms with Gasteiger partial charge in [0.15, 0.2) is 0 Å². The van der Waals surface area contributed by atoms with E-state index in [1.54, 1.807) is 11.3 Å². The maximum atomic E-state index is 5.88. The van der Waals surface area contributed by atoms with Crippen molar-refractivity contribution in [1.82, 2.24) is 15.0 Å². The number of rotatable bonds is 4. The summed E-state index contributed by atoms with van der Waals surface area (Å²) in [6, 6.07) is 0.158. The number of nitrogens with zero attached hydrogens (tertiary/aromatic N) is 3. The molecular formula is C13H19N5S. The molecule has 5 nitrogen and oxygen atoms in total. The molecule has 0 aromatic carbocycles. The summed E-state index contributed by atoms with van der Waals surface area (Å²) in [4.78, 5) is 14.0. The molecule has 2 aromatic heterocycles. The molecule has 0 saturated carbocycles. The van der Waals surface area contributed by atoms with Crippen molar-refractivity contribution in [3.05, 3.63) is 27.5 Å². The van der Waals surface area contributed by atoms with Gasteiger partial charge in [-0.3, -0.25) is 0 Å². The van der Waals surface area contributed by atoms with Crippen molar-refractivity contribution in [1.29, 1.82) is 0 Å². The molecule has 0 aliphatic carbocycles. The molecule has 102 valence electrons. The highest BCUT2D eigenvalue weighted by atomic mass is 32.1. The fourth-order valence-electron chi connectivity index (χ4n) is 2.12. The molecule has 0 spiro atoms. The van der Waals surface area contributed by atoms with E-state index in [1.165, 1.54) is 11.2 Å². The Labute approximate surface area is 117 Å². The van der Waals surface area contributed by atoms with Crippen molar-refractivity contribution < 1.29 is 0 Å². The van der Waals surface area contributed by atoms with Crippen LogP contribution in [0.15, 0.2) is 6.33 Å². The van der Waals surface area contributed by atoms with E-state index in [0.29, 0.717) is 5.82 Å². The van der Waals surface area contributed by atoms with E-state index in [0.717, 1.165) is 28.5 Å². The van der Waals surface area contributed by atoms with Gasteiger partial charge in [-0.05, 0) is 27.2 Å². The molecule has 0 fully saturated rings. The van der Waals surface area contributed by atoms with Crippen LogP contribution in [0.4, 0.5) is 11.6 Å². The minimum absolute atomic E-state index is 0.158. The topological polar surface area (TPSA) is 76.7 Å². The molecule has 0 saturated heterocycles. The Hall–Kier alpha value is -1.69. The molecule has 2 heterocycles. The standard InChI is InChI=1S/C13H19N5S/c1-5-10-12(14)15-6-16-13(10)18-8(3)11-7(2)17-9(4)19-11/h6,8H,5H2,1-4H3,(H3,14,15,16,18). The largest absolute Gasteiger partial charge is 0.383 e. The highest BCUT2D eigenvalue weighted by Crippen LogP contribution is 2.28. The molecule has 1 atom stereocenters. The SMILES string of the molecule is CCc1c(N)ncnc1NC(C)c1sc(C)nc1C. The number of nitrogens with one attached hydrogen (secondary N) is 1. The van der Waals surface area contributed by atoms with Gasteiger partial charge in [-0.1, -0.05) is 6.92 Å². The van der Waals surface area contributed by atoms with E-state index >= 15 is 0 Å². The van der Waals surface area contributed by atoms with Gasteiger partial charge in [0.05, 0.1) is 16.7 Å². The molecule has 2 aromatic rings. The Morgan fingerprint density at radius 2 is 2.11 bits per heavy atom. The first-order chi connectivity index (χ1) is 9.02. The van der Waals surface area contributed by atoms with Gasteiger partial charge in [-0.15, -0.1) is 11.3 Å². The second kappa shape index (κ2) is 5.52. The number of hydrogen-bond acceptors (Lipinski definition) is 6. The Morgan fingerprint density at radius 1 is 1.37 bits per heavy atom. The summed E-state index contributed by atoms with van der Waals surface area (Å²) in [5, 5.41) is 4.49. The van der Waals surface area contributed by atoms with Crippen LogP contribution in [-0.2, 0) is 6.42 Å². The first kappa shape index (κ1) is 13.7. The summed E-state index contributed by atoms with van der Waals surface area (Å²) in [6.07, 6.45) is 2.30. The first-order valence-electron chi connectivity index (χ1n) is 6.32. The second-order valence-electron chi connectivity index (χ2n) is 4.49. The van der Waals surface area contributed by atoms with Crippen LogP contribution in [0.25, 0.3) is 0 Å². The van der Waals surface area contributed by atoms with Crippen molar-refractivity contribution in [3.63, 3.8) is 0 Å². The molecule has 0 aliphatic rings. The van der Waals surface area contributed by atoms with Crippen molar-refractivity contribution >= 4 is 23.0 Å². The summed E-state index contributed by atoms with van der Waals surface area (Å²) < 4.78 is 0. The molecular weight excluding hydrogens is 258 g/mol. The Morgan fingerprint density at radius 3 is 2.68 bits per heavy atom. The summed E-state index contributed by atoms with van der Waals surface area (Å²) in [7, 11) is 0. The van der Waals surface area contributed by atoms with Gasteiger partial charge in [-0.2, -0.15) is 0 Å². The lowest BCUT2D eigenvalue weighted by atomic mass is 10.2. The lowest BCUT2D eigenvalue weighted by molar-refractivity contribution is 0.869. The zero-order chi connectivity index (χ0) is 14.0. The normalized spacial score (nSPS) is 12.4. The third kappa shape index (κ3) is 2.84. The van der Waals surface area contributed by atoms with Crippen LogP contribution in [0, 0.1) is 13.8 Å². The lowest BCUT2D eigenvalue weighted by Gasteiger charge is -2.16. The predicted octanol–water partition coefficient (Wildman–Crippen LogP) is 2.87. The Bertz CT molecular complexity index is 578. The Kier molecular flexibility index (Phi) is 3.99. The highest BCUT2D eigenvalue weighted by molar-refractivity contribution is 7.11. The molecule has 2 rings (SSSR count). The van der Waals surface area contributed by atoms with Crippen LogP contribution < -0.4 is 11.1 Å². The zero-order valence-corrected chi connectivity index (χ0v) is 12.5. The monoisotopic (exact) mass is 277 g/mol. The fourth-order valence-corrected chi connectivity index (χ4v) is 3.05. The molecule has 0 aliphatic heterocycles. The van der Waals surface area contributed by atoms with Gasteiger partial charge >= 0.3 is 0 Å². The summed E-state index contributed by atoms with van der Waals surface area (Å²) >= 11 is 1.71. The van der Waals surface area contributed by atoms with Crippen LogP contribution in [0.1, 0.15) is 41.0 Å². The summed E-state index contributed by atoms with van der Waals surface area (Å²) in [5.41, 5.74) is 7.92. The van der Waals surface area contributed by atoms with E-state index in [-0.39, 0.29) is 6.04 Å². The van der Waals surface area contributed by atoms with Crippen LogP contribution >= 0.6 is 11.3 Å². The number of aryl methyl sites for hydroxylation is 2. The average Bonchev–Trinajstić information content (AvgIpc) is 2.69. The lowest BCUT2D eigenvalue weighted by Crippen LogP contribution is -2.11. The molecule has 6 heteroatoms. The third-order valence-corrected chi connectivity index (χ3v) is 4.27. The number of thiazole rings is 1. The predicted molar refractivity (Wildman–Crippen MR) is 79.4 cm³/mol. The van der Waals surface area contributed by atoms with Crippen LogP contribution in [0.3, 0.4) is 0 Å². The van der Waals surface area contributed by atoms with Gasteiger partial charge in [0.2, 0.25) is 0 Å². The molecule has 3 N–H and O–H groups in total. The zero-order valence-electron chi connectivity index (χ0n) is 11.7. The van der Waals surface area contributed by atoms with Gasteiger partial charge < -0.3 is 11.1 Å². The maximum Gasteiger partial charge on any atom is 0.135 e. The van der Waals surface area contributed by atoms with Crippen molar-refractivity contribution in [2.45, 2.75) is 40.2 Å². The highest BCUT2D eigenvalue weighted by Gasteiger charge is 2.15. The van der Waals surface area contributed by atoms with Crippen molar-refractivity contribution in [3.8, 4) is 0 Å². The van der Waals surface area contributed by atoms with E-state index < -0.39 is 0 Å². The first-order valence-corrected chi connectivity index (χ1v) is 7.14. The van der Waals surface area contributed by atoms with E-state index in [1.807, 2.05) is 20.8 Å². The van der Waals surface area contributed by atoms with Gasteiger partial charge in [0.25, 0.3) is 0 Å². The minimum atomic E-state index is 0.158. The van der Waals surface area contributed by atoms with E-state index in [9.17, 15) is 0 Å². The number of nitrogen functional groups attached to an aromatic ring is 1. The van der Waals surface area contributed by atoms with Gasteiger partial charge in [-0.25, -0.2) is 15.0 Å². The van der Waals surface area contributed by atoms with Gasteiger partial charge in [0.1, 0.15) is 18.0 Å². The molecule has 19 heavy (non-hydrogen) atoms. The fraction of sp³-hybridized carbons (Fsp3) is 0.462. The second-order valence-corrected chi connectivity index (χ2v) is 5.72. The molecule has 1 unspecified atom stereocenters. The molecule has 0 radical (unpaired) electrons. The van der Waals surface area contributed by atoms with Crippen LogP contribution in [0.5, 0.6) is 0 Å². The van der Waals surface area contributed by atoms with Crippen molar-refractivity contribution in [2.75, 3.05) is 11.1 Å². The number of hydrogen-bond donors (Lipinski definition) is 2. The summed E-state index contributed by atoms with van der Waals surface area (Å²) in [6.45, 7) is 8.21. The summed E-state index contributed by atoms with van der Waals surface area (Å²) in [5.74, 6) is 1.36. The molecule has 0 amide bonds. The number of nitrogens with two attached hydrogens (primary N) is 1.